The lowest BCUT2D eigenvalue weighted by Crippen LogP contribution is -2.21. The Labute approximate surface area is 147 Å². The van der Waals surface area contributed by atoms with E-state index in [4.69, 9.17) is 10.5 Å². The van der Waals surface area contributed by atoms with E-state index in [0.717, 1.165) is 11.1 Å². The van der Waals surface area contributed by atoms with Crippen molar-refractivity contribution in [2.45, 2.75) is 19.3 Å². The third kappa shape index (κ3) is 4.11. The van der Waals surface area contributed by atoms with Gasteiger partial charge in [-0.15, -0.1) is 0 Å². The van der Waals surface area contributed by atoms with Gasteiger partial charge in [0.25, 0.3) is 11.6 Å². The number of non-ortho nitro benzene ring substituents is 1. The number of hydrogen-bond donors (Lipinski definition) is 1. The van der Waals surface area contributed by atoms with Crippen LogP contribution in [0.5, 0.6) is 5.75 Å². The van der Waals surface area contributed by atoms with Crippen molar-refractivity contribution in [2.24, 2.45) is 5.73 Å². The molecule has 0 radical (unpaired) electrons. The SMILES string of the molecule is CC(C)(c1cccc(OCC(N)=O)c1)c1cc(Br)cc([N+](=O)[O-])c1. The van der Waals surface area contributed by atoms with Gasteiger partial charge in [-0.2, -0.15) is 0 Å². The zero-order valence-corrected chi connectivity index (χ0v) is 14.9. The minimum Gasteiger partial charge on any atom is -0.484 e. The molecule has 6 nitrogen and oxygen atoms in total. The van der Waals surface area contributed by atoms with Gasteiger partial charge in [-0.25, -0.2) is 0 Å². The predicted molar refractivity (Wildman–Crippen MR) is 94.1 cm³/mol. The van der Waals surface area contributed by atoms with Crippen LogP contribution in [0.4, 0.5) is 5.69 Å². The fourth-order valence-electron chi connectivity index (χ4n) is 2.34. The van der Waals surface area contributed by atoms with Gasteiger partial charge in [0.05, 0.1) is 4.92 Å². The molecule has 0 aliphatic carbocycles. The number of carbonyl (C=O) groups is 1. The number of nitrogens with two attached hydrogens (primary N) is 1. The van der Waals surface area contributed by atoms with E-state index in [-0.39, 0.29) is 12.3 Å². The van der Waals surface area contributed by atoms with Gasteiger partial charge in [-0.1, -0.05) is 41.9 Å². The van der Waals surface area contributed by atoms with E-state index in [2.05, 4.69) is 15.9 Å². The third-order valence-corrected chi connectivity index (χ3v) is 4.21. The van der Waals surface area contributed by atoms with Gasteiger partial charge in [-0.3, -0.25) is 14.9 Å². The summed E-state index contributed by atoms with van der Waals surface area (Å²) in [6.07, 6.45) is 0. The van der Waals surface area contributed by atoms with Crippen LogP contribution in [0.25, 0.3) is 0 Å². The molecule has 2 N–H and O–H groups in total. The maximum Gasteiger partial charge on any atom is 0.270 e. The first-order valence-electron chi connectivity index (χ1n) is 7.17. The Morgan fingerprint density at radius 1 is 1.25 bits per heavy atom. The van der Waals surface area contributed by atoms with Crippen molar-refractivity contribution < 1.29 is 14.5 Å². The highest BCUT2D eigenvalue weighted by molar-refractivity contribution is 9.10. The lowest BCUT2D eigenvalue weighted by Gasteiger charge is -2.26. The number of rotatable bonds is 6. The van der Waals surface area contributed by atoms with Crippen LogP contribution in [0.15, 0.2) is 46.9 Å². The standard InChI is InChI=1S/C17H17BrN2O4/c1-17(2,12-6-13(18)9-14(7-12)20(22)23)11-4-3-5-15(8-11)24-10-16(19)21/h3-9H,10H2,1-2H3,(H2,19,21). The van der Waals surface area contributed by atoms with Crippen LogP contribution in [0.1, 0.15) is 25.0 Å². The van der Waals surface area contributed by atoms with Gasteiger partial charge >= 0.3 is 0 Å². The molecular formula is C17H17BrN2O4. The average Bonchev–Trinajstić information content (AvgIpc) is 2.52. The van der Waals surface area contributed by atoms with Crippen molar-refractivity contribution in [3.63, 3.8) is 0 Å². The molecule has 2 rings (SSSR count). The van der Waals surface area contributed by atoms with E-state index in [9.17, 15) is 14.9 Å². The first kappa shape index (κ1) is 17.9. The summed E-state index contributed by atoms with van der Waals surface area (Å²) in [7, 11) is 0. The van der Waals surface area contributed by atoms with Gasteiger partial charge < -0.3 is 10.5 Å². The lowest BCUT2D eigenvalue weighted by molar-refractivity contribution is -0.385. The van der Waals surface area contributed by atoms with Crippen LogP contribution in [-0.4, -0.2) is 17.4 Å². The number of halogens is 1. The number of hydrogen-bond acceptors (Lipinski definition) is 4. The quantitative estimate of drug-likeness (QED) is 0.600. The molecule has 0 atom stereocenters. The maximum absolute atomic E-state index is 11.1. The first-order valence-corrected chi connectivity index (χ1v) is 7.96. The molecule has 7 heteroatoms. The largest absolute Gasteiger partial charge is 0.484 e. The summed E-state index contributed by atoms with van der Waals surface area (Å²) in [5, 5.41) is 11.1. The number of amides is 1. The summed E-state index contributed by atoms with van der Waals surface area (Å²) < 4.78 is 5.97. The highest BCUT2D eigenvalue weighted by Crippen LogP contribution is 2.36. The highest BCUT2D eigenvalue weighted by atomic mass is 79.9. The molecular weight excluding hydrogens is 376 g/mol. The number of nitro benzene ring substituents is 1. The molecule has 0 bridgehead atoms. The summed E-state index contributed by atoms with van der Waals surface area (Å²) in [5.74, 6) is -0.0360. The van der Waals surface area contributed by atoms with Gasteiger partial charge in [0.15, 0.2) is 6.61 Å². The maximum atomic E-state index is 11.1. The summed E-state index contributed by atoms with van der Waals surface area (Å²) in [4.78, 5) is 21.5. The van der Waals surface area contributed by atoms with Gasteiger partial charge in [0.1, 0.15) is 5.75 Å². The molecule has 0 heterocycles. The smallest absolute Gasteiger partial charge is 0.270 e. The fourth-order valence-corrected chi connectivity index (χ4v) is 2.82. The van der Waals surface area contributed by atoms with Crippen LogP contribution in [-0.2, 0) is 10.2 Å². The van der Waals surface area contributed by atoms with Crippen molar-refractivity contribution in [2.75, 3.05) is 6.61 Å². The number of ether oxygens (including phenoxy) is 1. The highest BCUT2D eigenvalue weighted by Gasteiger charge is 2.26. The van der Waals surface area contributed by atoms with Crippen LogP contribution in [0.3, 0.4) is 0 Å². The summed E-state index contributed by atoms with van der Waals surface area (Å²) >= 11 is 3.32. The molecule has 0 saturated carbocycles. The van der Waals surface area contributed by atoms with Crippen molar-refractivity contribution in [3.05, 3.63) is 68.2 Å². The number of nitrogens with zero attached hydrogens (tertiary/aromatic N) is 1. The molecule has 0 aliphatic heterocycles. The summed E-state index contributed by atoms with van der Waals surface area (Å²) in [5.41, 5.74) is 6.29. The van der Waals surface area contributed by atoms with Crippen molar-refractivity contribution in [1.29, 1.82) is 0 Å². The second-order valence-electron chi connectivity index (χ2n) is 5.86. The van der Waals surface area contributed by atoms with Crippen molar-refractivity contribution in [1.82, 2.24) is 0 Å². The van der Waals surface area contributed by atoms with Gasteiger partial charge in [-0.05, 0) is 29.3 Å². The molecule has 2 aromatic carbocycles. The summed E-state index contributed by atoms with van der Waals surface area (Å²) in [6, 6.07) is 12.1. The van der Waals surface area contributed by atoms with E-state index >= 15 is 0 Å². The molecule has 0 spiro atoms. The Hall–Kier alpha value is -2.41. The Morgan fingerprint density at radius 3 is 2.58 bits per heavy atom. The molecule has 0 fully saturated rings. The Morgan fingerprint density at radius 2 is 1.96 bits per heavy atom. The normalized spacial score (nSPS) is 11.1. The lowest BCUT2D eigenvalue weighted by atomic mass is 9.78. The Kier molecular flexibility index (Phi) is 5.23. The topological polar surface area (TPSA) is 95.5 Å². The van der Waals surface area contributed by atoms with E-state index in [1.807, 2.05) is 26.0 Å². The second kappa shape index (κ2) is 7.00. The summed E-state index contributed by atoms with van der Waals surface area (Å²) in [6.45, 7) is 3.73. The zero-order valence-electron chi connectivity index (χ0n) is 13.3. The van der Waals surface area contributed by atoms with E-state index in [1.165, 1.54) is 6.07 Å². The Balaban J connectivity index is 2.41. The van der Waals surface area contributed by atoms with Crippen LogP contribution in [0, 0.1) is 10.1 Å². The van der Waals surface area contributed by atoms with Gasteiger partial charge in [0.2, 0.25) is 0 Å². The van der Waals surface area contributed by atoms with Gasteiger partial charge in [0, 0.05) is 22.0 Å². The van der Waals surface area contributed by atoms with E-state index in [0.29, 0.717) is 10.2 Å². The minimum atomic E-state index is -0.553. The zero-order chi connectivity index (χ0) is 17.9. The monoisotopic (exact) mass is 392 g/mol. The van der Waals surface area contributed by atoms with Crippen molar-refractivity contribution in [3.8, 4) is 5.75 Å². The predicted octanol–water partition coefficient (Wildman–Crippen LogP) is 3.55. The molecule has 2 aromatic rings. The molecule has 1 amide bonds. The van der Waals surface area contributed by atoms with Crippen molar-refractivity contribution >= 4 is 27.5 Å². The number of nitro groups is 1. The van der Waals surface area contributed by atoms with E-state index < -0.39 is 16.2 Å². The van der Waals surface area contributed by atoms with Crippen LogP contribution in [0.2, 0.25) is 0 Å². The molecule has 0 unspecified atom stereocenters. The number of carbonyl (C=O) groups excluding carboxylic acids is 1. The van der Waals surface area contributed by atoms with Crippen LogP contribution >= 0.6 is 15.9 Å². The number of benzene rings is 2. The van der Waals surface area contributed by atoms with Crippen LogP contribution < -0.4 is 10.5 Å². The average molecular weight is 393 g/mol. The molecule has 0 aliphatic rings. The second-order valence-corrected chi connectivity index (χ2v) is 6.78. The minimum absolute atomic E-state index is 0.0218. The number of primary amides is 1. The molecule has 24 heavy (non-hydrogen) atoms. The molecule has 0 saturated heterocycles. The first-order chi connectivity index (χ1) is 11.2. The molecule has 0 aromatic heterocycles. The fraction of sp³-hybridized carbons (Fsp3) is 0.235. The Bertz CT molecular complexity index is 790. The van der Waals surface area contributed by atoms with E-state index in [1.54, 1.807) is 24.3 Å². The third-order valence-electron chi connectivity index (χ3n) is 3.75. The molecule has 126 valence electrons.